The first-order valence-corrected chi connectivity index (χ1v) is 7.43. The number of cyclic esters (lactones) is 1. The van der Waals surface area contributed by atoms with Crippen molar-refractivity contribution in [3.8, 4) is 0 Å². The van der Waals surface area contributed by atoms with Crippen LogP contribution in [0.25, 0.3) is 0 Å². The molecule has 2 rings (SSSR count). The number of hydrogen-bond donors (Lipinski definition) is 2. The van der Waals surface area contributed by atoms with Crippen LogP contribution in [0.15, 0.2) is 24.3 Å². The Morgan fingerprint density at radius 2 is 2.15 bits per heavy atom. The zero-order valence-corrected chi connectivity index (χ0v) is 12.0. The Morgan fingerprint density at radius 1 is 1.35 bits per heavy atom. The number of carbonyl (C=O) groups is 1. The van der Waals surface area contributed by atoms with Crippen molar-refractivity contribution in [3.63, 3.8) is 0 Å². The van der Waals surface area contributed by atoms with Crippen LogP contribution in [-0.4, -0.2) is 34.0 Å². The second kappa shape index (κ2) is 6.55. The Balaban J connectivity index is 2.07. The van der Waals surface area contributed by atoms with E-state index < -0.39 is 11.7 Å². The minimum atomic E-state index is -0.916. The fourth-order valence-corrected chi connectivity index (χ4v) is 3.03. The summed E-state index contributed by atoms with van der Waals surface area (Å²) in [6, 6.07) is 0. The highest BCUT2D eigenvalue weighted by atomic mass is 16.5. The quantitative estimate of drug-likeness (QED) is 0.527. The number of rotatable bonds is 0. The number of fused-ring (bicyclic) bond motifs is 2. The van der Waals surface area contributed by atoms with Crippen molar-refractivity contribution >= 4 is 5.97 Å². The van der Waals surface area contributed by atoms with Gasteiger partial charge >= 0.3 is 5.97 Å². The second-order valence-corrected chi connectivity index (χ2v) is 6.08. The monoisotopic (exact) mass is 280 g/mol. The predicted molar refractivity (Wildman–Crippen MR) is 76.0 cm³/mol. The van der Waals surface area contributed by atoms with E-state index in [9.17, 15) is 15.0 Å². The molecule has 112 valence electrons. The number of esters is 1. The summed E-state index contributed by atoms with van der Waals surface area (Å²) in [5.41, 5.74) is -0.916. The Morgan fingerprint density at radius 3 is 2.95 bits per heavy atom. The average Bonchev–Trinajstić information content (AvgIpc) is 2.63. The van der Waals surface area contributed by atoms with Gasteiger partial charge in [-0.1, -0.05) is 18.2 Å². The molecule has 0 saturated heterocycles. The van der Waals surface area contributed by atoms with Crippen LogP contribution in [0.2, 0.25) is 0 Å². The average molecular weight is 280 g/mol. The molecule has 0 aromatic heterocycles. The number of hydrogen-bond acceptors (Lipinski definition) is 4. The van der Waals surface area contributed by atoms with Crippen molar-refractivity contribution in [2.75, 3.05) is 0 Å². The molecule has 0 amide bonds. The van der Waals surface area contributed by atoms with Gasteiger partial charge in [0.2, 0.25) is 0 Å². The van der Waals surface area contributed by atoms with Crippen LogP contribution in [0.1, 0.15) is 45.4 Å². The molecule has 4 nitrogen and oxygen atoms in total. The zero-order chi connectivity index (χ0) is 14.6. The lowest BCUT2D eigenvalue weighted by atomic mass is 9.95. The van der Waals surface area contributed by atoms with Crippen LogP contribution in [0.3, 0.4) is 0 Å². The van der Waals surface area contributed by atoms with Gasteiger partial charge in [-0.15, -0.1) is 0 Å². The number of allylic oxidation sites excluding steroid dienone is 1. The van der Waals surface area contributed by atoms with Gasteiger partial charge in [-0.25, -0.2) is 4.79 Å². The Labute approximate surface area is 120 Å². The molecule has 4 atom stereocenters. The molecule has 2 N–H and O–H groups in total. The molecule has 1 aliphatic heterocycles. The zero-order valence-electron chi connectivity index (χ0n) is 12.0. The van der Waals surface area contributed by atoms with Gasteiger partial charge in [-0.2, -0.15) is 0 Å². The van der Waals surface area contributed by atoms with Gasteiger partial charge < -0.3 is 14.9 Å². The summed E-state index contributed by atoms with van der Waals surface area (Å²) in [5, 5.41) is 20.5. The lowest BCUT2D eigenvalue weighted by molar-refractivity contribution is -0.142. The summed E-state index contributed by atoms with van der Waals surface area (Å²) in [6.07, 6.45) is 10.5. The maximum absolute atomic E-state index is 11.6. The highest BCUT2D eigenvalue weighted by molar-refractivity contribution is 5.82. The summed E-state index contributed by atoms with van der Waals surface area (Å²) < 4.78 is 5.25. The van der Waals surface area contributed by atoms with Crippen LogP contribution in [0, 0.1) is 5.92 Å². The van der Waals surface area contributed by atoms with E-state index in [-0.39, 0.29) is 18.0 Å². The van der Waals surface area contributed by atoms with Crippen molar-refractivity contribution in [1.82, 2.24) is 0 Å². The minimum absolute atomic E-state index is 0.0146. The molecule has 0 aromatic carbocycles. The normalized spacial score (nSPS) is 42.5. The van der Waals surface area contributed by atoms with Gasteiger partial charge in [-0.05, 0) is 39.0 Å². The first-order chi connectivity index (χ1) is 9.48. The predicted octanol–water partition coefficient (Wildman–Crippen LogP) is 2.11. The highest BCUT2D eigenvalue weighted by Gasteiger charge is 2.41. The topological polar surface area (TPSA) is 66.8 Å². The summed E-state index contributed by atoms with van der Waals surface area (Å²) in [5.74, 6) is -0.343. The fourth-order valence-electron chi connectivity index (χ4n) is 3.03. The molecule has 2 aliphatic rings. The summed E-state index contributed by atoms with van der Waals surface area (Å²) in [7, 11) is 0. The van der Waals surface area contributed by atoms with Crippen molar-refractivity contribution in [2.45, 2.75) is 63.3 Å². The van der Waals surface area contributed by atoms with E-state index in [0.717, 1.165) is 19.3 Å². The summed E-state index contributed by atoms with van der Waals surface area (Å²) in [6.45, 7) is 1.89. The molecule has 1 fully saturated rings. The molecule has 4 unspecified atom stereocenters. The highest BCUT2D eigenvalue weighted by Crippen LogP contribution is 2.38. The van der Waals surface area contributed by atoms with E-state index in [1.54, 1.807) is 6.08 Å². The van der Waals surface area contributed by atoms with Crippen LogP contribution in [-0.2, 0) is 9.53 Å². The molecule has 20 heavy (non-hydrogen) atoms. The fraction of sp³-hybridized carbons (Fsp3) is 0.688. The van der Waals surface area contributed by atoms with Crippen molar-refractivity contribution in [3.05, 3.63) is 24.3 Å². The molecule has 0 spiro atoms. The maximum atomic E-state index is 11.6. The van der Waals surface area contributed by atoms with Gasteiger partial charge in [0.05, 0.1) is 17.8 Å². The second-order valence-electron chi connectivity index (χ2n) is 6.08. The smallest absolute Gasteiger partial charge is 0.330 e. The molecule has 1 heterocycles. The van der Waals surface area contributed by atoms with Gasteiger partial charge in [0, 0.05) is 18.4 Å². The molecule has 0 aromatic rings. The van der Waals surface area contributed by atoms with E-state index in [1.807, 2.05) is 13.0 Å². The Bertz CT molecular complexity index is 401. The Hall–Kier alpha value is -1.13. The maximum Gasteiger partial charge on any atom is 0.330 e. The SMILES string of the molecule is CC1CCC/C=C\C2CC(O)(C/C=C\C(=O)O1)CC2O. The van der Waals surface area contributed by atoms with Crippen LogP contribution < -0.4 is 0 Å². The van der Waals surface area contributed by atoms with Gasteiger partial charge in [0.15, 0.2) is 0 Å². The van der Waals surface area contributed by atoms with Crippen LogP contribution in [0.5, 0.6) is 0 Å². The third kappa shape index (κ3) is 4.18. The van der Waals surface area contributed by atoms with E-state index in [4.69, 9.17) is 4.74 Å². The first-order valence-electron chi connectivity index (χ1n) is 7.43. The van der Waals surface area contributed by atoms with Gasteiger partial charge in [0.1, 0.15) is 0 Å². The van der Waals surface area contributed by atoms with Gasteiger partial charge in [0.25, 0.3) is 0 Å². The first kappa shape index (κ1) is 15.3. The van der Waals surface area contributed by atoms with Crippen molar-refractivity contribution < 1.29 is 19.7 Å². The van der Waals surface area contributed by atoms with E-state index >= 15 is 0 Å². The molecule has 4 heteroatoms. The van der Waals surface area contributed by atoms with Crippen LogP contribution in [0.4, 0.5) is 0 Å². The van der Waals surface area contributed by atoms with E-state index in [1.165, 1.54) is 6.08 Å². The molecule has 1 aliphatic carbocycles. The van der Waals surface area contributed by atoms with E-state index in [2.05, 4.69) is 6.08 Å². The number of ether oxygens (including phenoxy) is 1. The lowest BCUT2D eigenvalue weighted by Gasteiger charge is -2.20. The molecular weight excluding hydrogens is 256 g/mol. The molecule has 0 radical (unpaired) electrons. The van der Waals surface area contributed by atoms with Crippen molar-refractivity contribution in [2.24, 2.45) is 5.92 Å². The molecule has 2 bridgehead atoms. The number of aliphatic hydroxyl groups excluding tert-OH is 1. The summed E-state index contributed by atoms with van der Waals surface area (Å²) in [4.78, 5) is 11.6. The third-order valence-electron chi connectivity index (χ3n) is 4.13. The number of carbonyl (C=O) groups excluding carboxylic acids is 1. The number of aliphatic hydroxyl groups is 2. The lowest BCUT2D eigenvalue weighted by Crippen LogP contribution is -2.24. The third-order valence-corrected chi connectivity index (χ3v) is 4.13. The standard InChI is InChI=1S/C16H24O4/c1-12-6-3-2-4-7-13-10-16(19,11-14(13)17)9-5-8-15(18)20-12/h4-5,7-8,12-14,17,19H,2-3,6,9-11H2,1H3/b7-4-,8-5-. The molecular formula is C16H24O4. The largest absolute Gasteiger partial charge is 0.460 e. The molecule has 1 saturated carbocycles. The van der Waals surface area contributed by atoms with E-state index in [0.29, 0.717) is 19.3 Å². The summed E-state index contributed by atoms with van der Waals surface area (Å²) >= 11 is 0. The van der Waals surface area contributed by atoms with Gasteiger partial charge in [-0.3, -0.25) is 0 Å². The Kier molecular flexibility index (Phi) is 5.00. The minimum Gasteiger partial charge on any atom is -0.460 e. The van der Waals surface area contributed by atoms with Crippen LogP contribution >= 0.6 is 0 Å². The van der Waals surface area contributed by atoms with Crippen molar-refractivity contribution in [1.29, 1.82) is 0 Å².